The Balaban J connectivity index is 1.87. The van der Waals surface area contributed by atoms with Crippen LogP contribution in [0.15, 0.2) is 0 Å². The second kappa shape index (κ2) is 6.24. The van der Waals surface area contributed by atoms with Crippen LogP contribution in [0.2, 0.25) is 0 Å². The van der Waals surface area contributed by atoms with Crippen molar-refractivity contribution in [2.45, 2.75) is 45.1 Å². The van der Waals surface area contributed by atoms with Crippen molar-refractivity contribution in [2.24, 2.45) is 11.8 Å². The van der Waals surface area contributed by atoms with Gasteiger partial charge in [-0.05, 0) is 32.1 Å². The highest BCUT2D eigenvalue weighted by atomic mass is 16.4. The smallest absolute Gasteiger partial charge is 0.308 e. The van der Waals surface area contributed by atoms with Crippen LogP contribution in [0, 0.1) is 11.8 Å². The lowest BCUT2D eigenvalue weighted by molar-refractivity contribution is -0.143. The number of rotatable bonds is 6. The van der Waals surface area contributed by atoms with E-state index in [4.69, 9.17) is 5.11 Å². The Labute approximate surface area is 118 Å². The molecule has 2 fully saturated rings. The van der Waals surface area contributed by atoms with Gasteiger partial charge in [0.05, 0.1) is 5.92 Å². The number of nitrogens with one attached hydrogen (secondary N) is 1. The molecule has 6 heteroatoms. The molecule has 112 valence electrons. The largest absolute Gasteiger partial charge is 0.481 e. The maximum Gasteiger partial charge on any atom is 0.308 e. The molecule has 1 saturated heterocycles. The van der Waals surface area contributed by atoms with E-state index in [1.54, 1.807) is 11.8 Å². The first-order chi connectivity index (χ1) is 9.54. The lowest BCUT2D eigenvalue weighted by Gasteiger charge is -2.24. The van der Waals surface area contributed by atoms with E-state index in [-0.39, 0.29) is 24.3 Å². The second-order valence-electron chi connectivity index (χ2n) is 5.65. The van der Waals surface area contributed by atoms with Crippen molar-refractivity contribution >= 4 is 17.8 Å². The summed E-state index contributed by atoms with van der Waals surface area (Å²) < 4.78 is 0. The number of hydrogen-bond donors (Lipinski definition) is 2. The Kier molecular flexibility index (Phi) is 4.62. The first-order valence-electron chi connectivity index (χ1n) is 7.35. The molecule has 6 nitrogen and oxygen atoms in total. The first-order valence-corrected chi connectivity index (χ1v) is 7.35. The van der Waals surface area contributed by atoms with E-state index in [9.17, 15) is 14.4 Å². The maximum atomic E-state index is 12.1. The third-order valence-corrected chi connectivity index (χ3v) is 4.13. The molecule has 2 N–H and O–H groups in total. The summed E-state index contributed by atoms with van der Waals surface area (Å²) in [5.74, 6) is -1.46. The minimum atomic E-state index is -0.898. The number of aliphatic carboxylic acids is 1. The molecule has 0 radical (unpaired) electrons. The lowest BCUT2D eigenvalue weighted by Crippen LogP contribution is -2.47. The number of carboxylic acids is 1. The molecule has 1 aliphatic carbocycles. The molecular formula is C14H22N2O4. The van der Waals surface area contributed by atoms with Crippen molar-refractivity contribution in [3.63, 3.8) is 0 Å². The standard InChI is InChI=1S/C14H22N2O4/c1-2-9(14(19)20)8-15-12(17)11-4-3-7-16(11)13(18)10-5-6-10/h9-11H,2-8H2,1H3,(H,15,17)(H,19,20). The van der Waals surface area contributed by atoms with Gasteiger partial charge in [-0.25, -0.2) is 0 Å². The van der Waals surface area contributed by atoms with Crippen molar-refractivity contribution in [3.8, 4) is 0 Å². The van der Waals surface area contributed by atoms with Crippen LogP contribution in [-0.2, 0) is 14.4 Å². The normalized spacial score (nSPS) is 23.4. The fourth-order valence-corrected chi connectivity index (χ4v) is 2.62. The van der Waals surface area contributed by atoms with Crippen LogP contribution >= 0.6 is 0 Å². The summed E-state index contributed by atoms with van der Waals surface area (Å²) in [4.78, 5) is 36.8. The highest BCUT2D eigenvalue weighted by Gasteiger charge is 2.40. The molecule has 0 aromatic rings. The average Bonchev–Trinajstić information content (AvgIpc) is 3.15. The summed E-state index contributed by atoms with van der Waals surface area (Å²) in [6.07, 6.45) is 3.85. The fourth-order valence-electron chi connectivity index (χ4n) is 2.62. The summed E-state index contributed by atoms with van der Waals surface area (Å²) in [7, 11) is 0. The number of amides is 2. The topological polar surface area (TPSA) is 86.7 Å². The number of likely N-dealkylation sites (tertiary alicyclic amines) is 1. The average molecular weight is 282 g/mol. The summed E-state index contributed by atoms with van der Waals surface area (Å²) >= 11 is 0. The molecule has 2 amide bonds. The molecule has 2 rings (SSSR count). The van der Waals surface area contributed by atoms with Gasteiger partial charge in [-0.2, -0.15) is 0 Å². The quantitative estimate of drug-likeness (QED) is 0.747. The van der Waals surface area contributed by atoms with Crippen LogP contribution in [0.4, 0.5) is 0 Å². The Hall–Kier alpha value is -1.59. The summed E-state index contributed by atoms with van der Waals surface area (Å²) in [6.45, 7) is 2.56. The van der Waals surface area contributed by atoms with Crippen molar-refractivity contribution in [2.75, 3.05) is 13.1 Å². The van der Waals surface area contributed by atoms with Crippen LogP contribution in [0.5, 0.6) is 0 Å². The molecule has 0 spiro atoms. The molecule has 1 aliphatic heterocycles. The third kappa shape index (κ3) is 3.29. The van der Waals surface area contributed by atoms with E-state index in [2.05, 4.69) is 5.32 Å². The van der Waals surface area contributed by atoms with Crippen LogP contribution in [0.3, 0.4) is 0 Å². The molecule has 1 saturated carbocycles. The number of hydrogen-bond acceptors (Lipinski definition) is 3. The Morgan fingerprint density at radius 1 is 1.30 bits per heavy atom. The van der Waals surface area contributed by atoms with Gasteiger partial charge in [0.25, 0.3) is 0 Å². The zero-order valence-electron chi connectivity index (χ0n) is 11.8. The number of carbonyl (C=O) groups is 3. The molecule has 1 heterocycles. The van der Waals surface area contributed by atoms with Crippen molar-refractivity contribution < 1.29 is 19.5 Å². The molecular weight excluding hydrogens is 260 g/mol. The van der Waals surface area contributed by atoms with Gasteiger partial charge >= 0.3 is 5.97 Å². The predicted molar refractivity (Wildman–Crippen MR) is 71.9 cm³/mol. The molecule has 0 aromatic carbocycles. The SMILES string of the molecule is CCC(CNC(=O)C1CCCN1C(=O)C1CC1)C(=O)O. The zero-order valence-corrected chi connectivity index (χ0v) is 11.8. The van der Waals surface area contributed by atoms with Gasteiger partial charge in [0.1, 0.15) is 6.04 Å². The molecule has 20 heavy (non-hydrogen) atoms. The van der Waals surface area contributed by atoms with Gasteiger partial charge < -0.3 is 15.3 Å². The minimum absolute atomic E-state index is 0.0907. The van der Waals surface area contributed by atoms with E-state index in [1.165, 1.54) is 0 Å². The van der Waals surface area contributed by atoms with Crippen LogP contribution in [-0.4, -0.2) is 46.9 Å². The predicted octanol–water partition coefficient (Wildman–Crippen LogP) is 0.614. The third-order valence-electron chi connectivity index (χ3n) is 4.13. The number of carboxylic acid groups (broad SMARTS) is 1. The molecule has 2 aliphatic rings. The minimum Gasteiger partial charge on any atom is -0.481 e. The van der Waals surface area contributed by atoms with Crippen molar-refractivity contribution in [1.82, 2.24) is 10.2 Å². The summed E-state index contributed by atoms with van der Waals surface area (Å²) in [6, 6.07) is -0.408. The Morgan fingerprint density at radius 2 is 2.00 bits per heavy atom. The molecule has 0 aromatic heterocycles. The Bertz CT molecular complexity index is 406. The first kappa shape index (κ1) is 14.8. The van der Waals surface area contributed by atoms with Gasteiger partial charge in [-0.15, -0.1) is 0 Å². The monoisotopic (exact) mass is 282 g/mol. The molecule has 2 atom stereocenters. The number of carbonyl (C=O) groups excluding carboxylic acids is 2. The van der Waals surface area contributed by atoms with Crippen molar-refractivity contribution in [1.29, 1.82) is 0 Å². The van der Waals surface area contributed by atoms with Gasteiger partial charge in [-0.1, -0.05) is 6.92 Å². The zero-order chi connectivity index (χ0) is 14.7. The molecule has 2 unspecified atom stereocenters. The maximum absolute atomic E-state index is 12.1. The van der Waals surface area contributed by atoms with Gasteiger partial charge in [-0.3, -0.25) is 14.4 Å². The van der Waals surface area contributed by atoms with E-state index in [1.807, 2.05) is 0 Å². The summed E-state index contributed by atoms with van der Waals surface area (Å²) in [5.41, 5.74) is 0. The fraction of sp³-hybridized carbons (Fsp3) is 0.786. The lowest BCUT2D eigenvalue weighted by atomic mass is 10.1. The highest BCUT2D eigenvalue weighted by molar-refractivity contribution is 5.90. The van der Waals surface area contributed by atoms with Crippen LogP contribution < -0.4 is 5.32 Å². The van der Waals surface area contributed by atoms with E-state index < -0.39 is 17.9 Å². The van der Waals surface area contributed by atoms with E-state index in [0.29, 0.717) is 19.4 Å². The van der Waals surface area contributed by atoms with E-state index >= 15 is 0 Å². The highest BCUT2D eigenvalue weighted by Crippen LogP contribution is 2.33. The van der Waals surface area contributed by atoms with Crippen LogP contribution in [0.25, 0.3) is 0 Å². The van der Waals surface area contributed by atoms with Gasteiger partial charge in [0.2, 0.25) is 11.8 Å². The van der Waals surface area contributed by atoms with Crippen LogP contribution in [0.1, 0.15) is 39.0 Å². The second-order valence-corrected chi connectivity index (χ2v) is 5.65. The van der Waals surface area contributed by atoms with E-state index in [0.717, 1.165) is 19.3 Å². The van der Waals surface area contributed by atoms with Crippen molar-refractivity contribution in [3.05, 3.63) is 0 Å². The van der Waals surface area contributed by atoms with Gasteiger partial charge in [0.15, 0.2) is 0 Å². The molecule has 0 bridgehead atoms. The Morgan fingerprint density at radius 3 is 2.55 bits per heavy atom. The summed E-state index contributed by atoms with van der Waals surface area (Å²) in [5, 5.41) is 11.6. The van der Waals surface area contributed by atoms with Gasteiger partial charge in [0, 0.05) is 19.0 Å². The number of nitrogens with zero attached hydrogens (tertiary/aromatic N) is 1.